The molecule has 0 aliphatic heterocycles. The zero-order valence-electron chi connectivity index (χ0n) is 10.5. The van der Waals surface area contributed by atoms with Gasteiger partial charge in [0.2, 0.25) is 5.91 Å². The third-order valence-electron chi connectivity index (χ3n) is 4.15. The molecule has 0 saturated heterocycles. The smallest absolute Gasteiger partial charge is 0.223 e. The number of amides is 1. The van der Waals surface area contributed by atoms with E-state index in [1.807, 2.05) is 6.26 Å². The Morgan fingerprint density at radius 2 is 2.06 bits per heavy atom. The Balaban J connectivity index is 1.79. The molecule has 2 N–H and O–H groups in total. The largest absolute Gasteiger partial charge is 0.396 e. The molecule has 0 aromatic carbocycles. The molecule has 3 nitrogen and oxygen atoms in total. The highest BCUT2D eigenvalue weighted by molar-refractivity contribution is 7.98. The molecule has 0 bridgehead atoms. The Bertz CT molecular complexity index is 254. The molecular weight excluding hydrogens is 234 g/mol. The van der Waals surface area contributed by atoms with Gasteiger partial charge < -0.3 is 10.4 Å². The lowest BCUT2D eigenvalue weighted by Gasteiger charge is -2.16. The summed E-state index contributed by atoms with van der Waals surface area (Å²) in [5.41, 5.74) is 0. The Kier molecular flexibility index (Phi) is 4.74. The Labute approximate surface area is 108 Å². The first-order chi connectivity index (χ1) is 8.27. The van der Waals surface area contributed by atoms with Crippen molar-refractivity contribution in [3.05, 3.63) is 0 Å². The zero-order chi connectivity index (χ0) is 12.3. The first-order valence-electron chi connectivity index (χ1n) is 6.68. The number of thioether (sulfide) groups is 1. The number of carbonyl (C=O) groups excluding carboxylic acids is 1. The second-order valence-electron chi connectivity index (χ2n) is 5.31. The van der Waals surface area contributed by atoms with Crippen molar-refractivity contribution >= 4 is 17.7 Å². The van der Waals surface area contributed by atoms with Gasteiger partial charge in [0.05, 0.1) is 0 Å². The first-order valence-corrected chi connectivity index (χ1v) is 8.07. The maximum absolute atomic E-state index is 12.1. The molecule has 2 saturated carbocycles. The third-order valence-corrected chi connectivity index (χ3v) is 4.89. The van der Waals surface area contributed by atoms with Gasteiger partial charge >= 0.3 is 0 Å². The Morgan fingerprint density at radius 1 is 1.41 bits per heavy atom. The van der Waals surface area contributed by atoms with Crippen molar-refractivity contribution in [1.82, 2.24) is 5.32 Å². The van der Waals surface area contributed by atoms with Gasteiger partial charge in [-0.1, -0.05) is 12.8 Å². The summed E-state index contributed by atoms with van der Waals surface area (Å²) < 4.78 is 0. The van der Waals surface area contributed by atoms with Crippen LogP contribution in [0.5, 0.6) is 0 Å². The highest BCUT2D eigenvalue weighted by atomic mass is 32.2. The fourth-order valence-corrected chi connectivity index (χ4v) is 3.89. The van der Waals surface area contributed by atoms with Crippen LogP contribution in [-0.2, 0) is 4.79 Å². The van der Waals surface area contributed by atoms with Crippen molar-refractivity contribution in [2.45, 2.75) is 38.1 Å². The number of rotatable bonds is 6. The summed E-state index contributed by atoms with van der Waals surface area (Å²) in [5.74, 6) is 2.78. The van der Waals surface area contributed by atoms with E-state index in [9.17, 15) is 4.79 Å². The molecule has 1 amide bonds. The summed E-state index contributed by atoms with van der Waals surface area (Å²) in [7, 11) is 0. The van der Waals surface area contributed by atoms with Crippen LogP contribution >= 0.6 is 11.8 Å². The lowest BCUT2D eigenvalue weighted by atomic mass is 10.0. The van der Waals surface area contributed by atoms with Crippen LogP contribution in [-0.4, -0.2) is 35.7 Å². The molecule has 2 rings (SSSR count). The molecule has 2 fully saturated rings. The van der Waals surface area contributed by atoms with Crippen molar-refractivity contribution in [3.8, 4) is 0 Å². The second kappa shape index (κ2) is 6.10. The molecule has 0 aromatic rings. The minimum atomic E-state index is 0.144. The highest BCUT2D eigenvalue weighted by Gasteiger charge is 2.54. The standard InChI is InChI=1S/C13H23NO2S/c1-17-8-9(6-7-15)14-13(16)12-10-4-2-3-5-11(10)12/h9-12,15H,2-8H2,1H3,(H,14,16). The van der Waals surface area contributed by atoms with Gasteiger partial charge in [0, 0.05) is 24.3 Å². The van der Waals surface area contributed by atoms with Crippen molar-refractivity contribution in [1.29, 1.82) is 0 Å². The Morgan fingerprint density at radius 3 is 2.59 bits per heavy atom. The number of aliphatic hydroxyl groups excluding tert-OH is 1. The number of aliphatic hydroxyl groups is 1. The van der Waals surface area contributed by atoms with Crippen LogP contribution in [0.25, 0.3) is 0 Å². The molecule has 4 heteroatoms. The highest BCUT2D eigenvalue weighted by Crippen LogP contribution is 2.55. The second-order valence-corrected chi connectivity index (χ2v) is 6.22. The van der Waals surface area contributed by atoms with E-state index in [2.05, 4.69) is 5.32 Å². The van der Waals surface area contributed by atoms with Gasteiger partial charge in [-0.3, -0.25) is 4.79 Å². The molecule has 3 unspecified atom stereocenters. The molecule has 0 heterocycles. The summed E-state index contributed by atoms with van der Waals surface area (Å²) in [6, 6.07) is 0.144. The van der Waals surface area contributed by atoms with Crippen LogP contribution in [0.15, 0.2) is 0 Å². The monoisotopic (exact) mass is 257 g/mol. The minimum Gasteiger partial charge on any atom is -0.396 e. The number of hydrogen-bond donors (Lipinski definition) is 2. The molecule has 0 aromatic heterocycles. The van der Waals surface area contributed by atoms with Gasteiger partial charge in [-0.25, -0.2) is 0 Å². The van der Waals surface area contributed by atoms with Crippen molar-refractivity contribution in [3.63, 3.8) is 0 Å². The predicted molar refractivity (Wildman–Crippen MR) is 71.0 cm³/mol. The molecule has 0 spiro atoms. The van der Waals surface area contributed by atoms with E-state index in [-0.39, 0.29) is 18.6 Å². The average molecular weight is 257 g/mol. The average Bonchev–Trinajstić information content (AvgIpc) is 3.03. The van der Waals surface area contributed by atoms with Crippen molar-refractivity contribution in [2.75, 3.05) is 18.6 Å². The normalized spacial score (nSPS) is 32.7. The topological polar surface area (TPSA) is 49.3 Å². The molecule has 2 aliphatic rings. The van der Waals surface area contributed by atoms with Crippen LogP contribution in [0.1, 0.15) is 32.1 Å². The summed E-state index contributed by atoms with van der Waals surface area (Å²) >= 11 is 1.72. The minimum absolute atomic E-state index is 0.144. The summed E-state index contributed by atoms with van der Waals surface area (Å²) in [5, 5.41) is 12.1. The fourth-order valence-electron chi connectivity index (χ4n) is 3.23. The Hall–Kier alpha value is -0.220. The molecule has 0 radical (unpaired) electrons. The fraction of sp³-hybridized carbons (Fsp3) is 0.923. The molecule has 2 aliphatic carbocycles. The summed E-state index contributed by atoms with van der Waals surface area (Å²) in [6.45, 7) is 0.156. The van der Waals surface area contributed by atoms with Gasteiger partial charge in [-0.05, 0) is 37.4 Å². The predicted octanol–water partition coefficient (Wildman–Crippen LogP) is 1.65. The van der Waals surface area contributed by atoms with Crippen LogP contribution in [0.4, 0.5) is 0 Å². The van der Waals surface area contributed by atoms with Gasteiger partial charge in [-0.2, -0.15) is 11.8 Å². The van der Waals surface area contributed by atoms with E-state index in [1.165, 1.54) is 25.7 Å². The summed E-state index contributed by atoms with van der Waals surface area (Å²) in [6.07, 6.45) is 7.81. The lowest BCUT2D eigenvalue weighted by molar-refractivity contribution is -0.123. The van der Waals surface area contributed by atoms with Gasteiger partial charge in [0.25, 0.3) is 0 Å². The number of hydrogen-bond acceptors (Lipinski definition) is 3. The third kappa shape index (κ3) is 3.16. The first kappa shape index (κ1) is 13.2. The number of nitrogens with one attached hydrogen (secondary N) is 1. The molecular formula is C13H23NO2S. The van der Waals surface area contributed by atoms with E-state index >= 15 is 0 Å². The van der Waals surface area contributed by atoms with E-state index in [4.69, 9.17) is 5.11 Å². The van der Waals surface area contributed by atoms with Crippen molar-refractivity contribution < 1.29 is 9.90 Å². The van der Waals surface area contributed by atoms with E-state index in [0.717, 1.165) is 5.75 Å². The molecule has 3 atom stereocenters. The van der Waals surface area contributed by atoms with E-state index in [0.29, 0.717) is 24.2 Å². The zero-order valence-corrected chi connectivity index (χ0v) is 11.3. The maximum Gasteiger partial charge on any atom is 0.223 e. The maximum atomic E-state index is 12.1. The SMILES string of the molecule is CSCC(CCO)NC(=O)C1C2CCCCC21. The quantitative estimate of drug-likeness (QED) is 0.761. The van der Waals surface area contributed by atoms with Crippen LogP contribution < -0.4 is 5.32 Å². The number of carbonyl (C=O) groups is 1. The van der Waals surface area contributed by atoms with E-state index in [1.54, 1.807) is 11.8 Å². The summed E-state index contributed by atoms with van der Waals surface area (Å²) in [4.78, 5) is 12.1. The molecule has 17 heavy (non-hydrogen) atoms. The van der Waals surface area contributed by atoms with Crippen molar-refractivity contribution in [2.24, 2.45) is 17.8 Å². The van der Waals surface area contributed by atoms with Crippen LogP contribution in [0, 0.1) is 17.8 Å². The van der Waals surface area contributed by atoms with Gasteiger partial charge in [0.1, 0.15) is 0 Å². The molecule has 98 valence electrons. The van der Waals surface area contributed by atoms with E-state index < -0.39 is 0 Å². The van der Waals surface area contributed by atoms with Gasteiger partial charge in [0.15, 0.2) is 0 Å². The lowest BCUT2D eigenvalue weighted by Crippen LogP contribution is -2.38. The van der Waals surface area contributed by atoms with Crippen LogP contribution in [0.2, 0.25) is 0 Å². The van der Waals surface area contributed by atoms with Crippen LogP contribution in [0.3, 0.4) is 0 Å². The number of fused-ring (bicyclic) bond motifs is 1. The van der Waals surface area contributed by atoms with Gasteiger partial charge in [-0.15, -0.1) is 0 Å².